The summed E-state index contributed by atoms with van der Waals surface area (Å²) in [6, 6.07) is 9.74. The van der Waals surface area contributed by atoms with E-state index in [1.807, 2.05) is 49.1 Å². The van der Waals surface area contributed by atoms with Crippen LogP contribution in [-0.4, -0.2) is 48.9 Å². The zero-order valence-corrected chi connectivity index (χ0v) is 16.2. The molecule has 2 N–H and O–H groups in total. The molecule has 0 unspecified atom stereocenters. The lowest BCUT2D eigenvalue weighted by atomic mass is 9.88. The van der Waals surface area contributed by atoms with Crippen molar-refractivity contribution >= 4 is 17.8 Å². The molecule has 2 rings (SSSR count). The third-order valence-corrected chi connectivity index (χ3v) is 4.51. The van der Waals surface area contributed by atoms with Crippen molar-refractivity contribution in [1.29, 1.82) is 0 Å². The predicted octanol–water partition coefficient (Wildman–Crippen LogP) is 3.36. The molecule has 7 nitrogen and oxygen atoms in total. The lowest BCUT2D eigenvalue weighted by molar-refractivity contribution is 0.149. The Kier molecular flexibility index (Phi) is 8.61. The van der Waals surface area contributed by atoms with Crippen LogP contribution in [0.2, 0.25) is 0 Å². The van der Waals surface area contributed by atoms with E-state index in [0.29, 0.717) is 26.2 Å². The van der Waals surface area contributed by atoms with Crippen LogP contribution in [0.25, 0.3) is 0 Å². The molecule has 1 aromatic carbocycles. The number of oxime groups is 1. The van der Waals surface area contributed by atoms with Gasteiger partial charge in [-0.3, -0.25) is 4.84 Å². The highest BCUT2D eigenvalue weighted by Gasteiger charge is 2.27. The number of hydrogen-bond acceptors (Lipinski definition) is 4. The van der Waals surface area contributed by atoms with Crippen molar-refractivity contribution in [3.05, 3.63) is 35.9 Å². The zero-order valence-electron chi connectivity index (χ0n) is 16.2. The Labute approximate surface area is 161 Å². The summed E-state index contributed by atoms with van der Waals surface area (Å²) in [6.45, 7) is 6.58. The lowest BCUT2D eigenvalue weighted by Gasteiger charge is -2.32. The molecule has 1 heterocycles. The first-order valence-electron chi connectivity index (χ1n) is 9.76. The number of benzene rings is 1. The Morgan fingerprint density at radius 1 is 1.07 bits per heavy atom. The van der Waals surface area contributed by atoms with Crippen LogP contribution >= 0.6 is 0 Å². The predicted molar refractivity (Wildman–Crippen MR) is 106 cm³/mol. The summed E-state index contributed by atoms with van der Waals surface area (Å²) in [5.41, 5.74) is 1.70. The Morgan fingerprint density at radius 3 is 2.33 bits per heavy atom. The second kappa shape index (κ2) is 11.2. The number of amides is 3. The summed E-state index contributed by atoms with van der Waals surface area (Å²) in [5.74, 6) is 0.140. The average molecular weight is 374 g/mol. The third-order valence-electron chi connectivity index (χ3n) is 4.51. The smallest absolute Gasteiger partial charge is 0.338 e. The molecule has 0 radical (unpaired) electrons. The largest absolute Gasteiger partial charge is 0.433 e. The summed E-state index contributed by atoms with van der Waals surface area (Å²) in [7, 11) is 0. The molecule has 0 atom stereocenters. The van der Waals surface area contributed by atoms with Gasteiger partial charge in [0.15, 0.2) is 0 Å². The number of carbonyl (C=O) groups excluding carboxylic acids is 2. The molecule has 0 bridgehead atoms. The highest BCUT2D eigenvalue weighted by Crippen LogP contribution is 2.23. The third kappa shape index (κ3) is 6.58. The molecule has 1 aliphatic heterocycles. The number of nitrogens with one attached hydrogen (secondary N) is 2. The SMILES string of the molecule is CCCNC(=O)O/N=C(\c1ccccc1)C1CCN(C(=O)NCCC)CC1. The number of hydrogen-bond donors (Lipinski definition) is 2. The molecular weight excluding hydrogens is 344 g/mol. The van der Waals surface area contributed by atoms with E-state index in [0.717, 1.165) is 37.0 Å². The van der Waals surface area contributed by atoms with Crippen LogP contribution in [0.4, 0.5) is 9.59 Å². The van der Waals surface area contributed by atoms with E-state index in [1.54, 1.807) is 0 Å². The lowest BCUT2D eigenvalue weighted by Crippen LogP contribution is -2.45. The van der Waals surface area contributed by atoms with Crippen LogP contribution in [0, 0.1) is 5.92 Å². The van der Waals surface area contributed by atoms with Crippen molar-refractivity contribution < 1.29 is 14.4 Å². The van der Waals surface area contributed by atoms with Crippen molar-refractivity contribution in [2.45, 2.75) is 39.5 Å². The Morgan fingerprint density at radius 2 is 1.70 bits per heavy atom. The van der Waals surface area contributed by atoms with E-state index in [4.69, 9.17) is 4.84 Å². The fourth-order valence-corrected chi connectivity index (χ4v) is 3.02. The maximum Gasteiger partial charge on any atom is 0.433 e. The molecule has 1 saturated heterocycles. The van der Waals surface area contributed by atoms with E-state index in [9.17, 15) is 9.59 Å². The van der Waals surface area contributed by atoms with Gasteiger partial charge >= 0.3 is 12.1 Å². The highest BCUT2D eigenvalue weighted by molar-refractivity contribution is 6.02. The molecule has 27 heavy (non-hydrogen) atoms. The highest BCUT2D eigenvalue weighted by atomic mass is 16.7. The van der Waals surface area contributed by atoms with E-state index < -0.39 is 6.09 Å². The van der Waals surface area contributed by atoms with Gasteiger partial charge in [-0.05, 0) is 31.2 Å². The Hall–Kier alpha value is -2.57. The maximum absolute atomic E-state index is 12.1. The van der Waals surface area contributed by atoms with Crippen molar-refractivity contribution in [2.24, 2.45) is 11.1 Å². The van der Waals surface area contributed by atoms with Gasteiger partial charge in [-0.25, -0.2) is 9.59 Å². The van der Waals surface area contributed by atoms with Crippen LogP contribution in [0.1, 0.15) is 45.1 Å². The number of rotatable bonds is 7. The minimum absolute atomic E-state index is 0.0105. The number of urea groups is 1. The Bertz CT molecular complexity index is 625. The van der Waals surface area contributed by atoms with Crippen molar-refractivity contribution in [2.75, 3.05) is 26.2 Å². The van der Waals surface area contributed by atoms with Crippen LogP contribution < -0.4 is 10.6 Å². The standard InChI is InChI=1S/C20H30N4O3/c1-3-12-21-19(25)24-14-10-17(11-15-24)18(16-8-6-5-7-9-16)23-27-20(26)22-13-4-2/h5-9,17H,3-4,10-15H2,1-2H3,(H,21,25)(H,22,26)/b23-18+. The van der Waals surface area contributed by atoms with Crippen molar-refractivity contribution in [1.82, 2.24) is 15.5 Å². The first-order chi connectivity index (χ1) is 13.2. The molecule has 0 aliphatic carbocycles. The molecule has 1 aliphatic rings. The van der Waals surface area contributed by atoms with Crippen molar-refractivity contribution in [3.8, 4) is 0 Å². The first kappa shape index (κ1) is 20.7. The van der Waals surface area contributed by atoms with Crippen LogP contribution in [-0.2, 0) is 4.84 Å². The maximum atomic E-state index is 12.1. The number of nitrogens with zero attached hydrogens (tertiary/aromatic N) is 2. The molecular formula is C20H30N4O3. The van der Waals surface area contributed by atoms with Gasteiger partial charge in [0.1, 0.15) is 0 Å². The summed E-state index contributed by atoms with van der Waals surface area (Å²) in [4.78, 5) is 30.8. The number of carbonyl (C=O) groups is 2. The van der Waals surface area contributed by atoms with E-state index in [1.165, 1.54) is 0 Å². The summed E-state index contributed by atoms with van der Waals surface area (Å²) < 4.78 is 0. The van der Waals surface area contributed by atoms with Crippen molar-refractivity contribution in [3.63, 3.8) is 0 Å². The molecule has 3 amide bonds. The summed E-state index contributed by atoms with van der Waals surface area (Å²) in [5, 5.41) is 9.75. The van der Waals surface area contributed by atoms with Gasteiger partial charge in [0.2, 0.25) is 0 Å². The summed E-state index contributed by atoms with van der Waals surface area (Å²) >= 11 is 0. The molecule has 1 aromatic rings. The van der Waals surface area contributed by atoms with Gasteiger partial charge in [-0.1, -0.05) is 49.3 Å². The van der Waals surface area contributed by atoms with Gasteiger partial charge in [-0.2, -0.15) is 0 Å². The van der Waals surface area contributed by atoms with Crippen LogP contribution in [0.15, 0.2) is 35.5 Å². The van der Waals surface area contributed by atoms with Crippen LogP contribution in [0.5, 0.6) is 0 Å². The molecule has 7 heteroatoms. The van der Waals surface area contributed by atoms with Gasteiger partial charge in [-0.15, -0.1) is 0 Å². The minimum atomic E-state index is -0.540. The molecule has 1 fully saturated rings. The van der Waals surface area contributed by atoms with E-state index >= 15 is 0 Å². The van der Waals surface area contributed by atoms with E-state index in [2.05, 4.69) is 15.8 Å². The molecule has 0 spiro atoms. The monoisotopic (exact) mass is 374 g/mol. The quantitative estimate of drug-likeness (QED) is 0.436. The zero-order chi connectivity index (χ0) is 19.5. The Balaban J connectivity index is 2.02. The normalized spacial score (nSPS) is 15.3. The second-order valence-electron chi connectivity index (χ2n) is 6.64. The average Bonchev–Trinajstić information content (AvgIpc) is 2.71. The fraction of sp³-hybridized carbons (Fsp3) is 0.550. The topological polar surface area (TPSA) is 83.0 Å². The number of piperidine rings is 1. The van der Waals surface area contributed by atoms with Gasteiger partial charge in [0.05, 0.1) is 5.71 Å². The molecule has 148 valence electrons. The number of likely N-dealkylation sites (tertiary alicyclic amines) is 1. The molecule has 0 saturated carbocycles. The fourth-order valence-electron chi connectivity index (χ4n) is 3.02. The van der Waals surface area contributed by atoms with E-state index in [-0.39, 0.29) is 11.9 Å². The van der Waals surface area contributed by atoms with Gasteiger partial charge in [0.25, 0.3) is 0 Å². The van der Waals surface area contributed by atoms with Crippen LogP contribution in [0.3, 0.4) is 0 Å². The summed E-state index contributed by atoms with van der Waals surface area (Å²) in [6.07, 6.45) is 2.79. The second-order valence-corrected chi connectivity index (χ2v) is 6.64. The van der Waals surface area contributed by atoms with Gasteiger partial charge in [0, 0.05) is 32.1 Å². The minimum Gasteiger partial charge on any atom is -0.338 e. The first-order valence-corrected chi connectivity index (χ1v) is 9.76. The van der Waals surface area contributed by atoms with Gasteiger partial charge < -0.3 is 15.5 Å². The molecule has 0 aromatic heterocycles.